The zero-order valence-electron chi connectivity index (χ0n) is 16.1. The number of aryl methyl sites for hydroxylation is 1. The normalized spacial score (nSPS) is 12.6. The molecule has 0 aliphatic carbocycles. The van der Waals surface area contributed by atoms with Crippen LogP contribution in [0.1, 0.15) is 43.9 Å². The summed E-state index contributed by atoms with van der Waals surface area (Å²) in [5, 5.41) is 24.2. The van der Waals surface area contributed by atoms with Gasteiger partial charge in [0.05, 0.1) is 24.6 Å². The van der Waals surface area contributed by atoms with Crippen LogP contribution in [-0.2, 0) is 16.0 Å². The summed E-state index contributed by atoms with van der Waals surface area (Å²) in [6.45, 7) is 4.08. The van der Waals surface area contributed by atoms with Crippen molar-refractivity contribution < 1.29 is 19.7 Å². The quantitative estimate of drug-likeness (QED) is 0.588. The smallest absolute Gasteiger partial charge is 0.303 e. The number of hydrogen-bond donors (Lipinski definition) is 2. The van der Waals surface area contributed by atoms with Gasteiger partial charge in [0.2, 0.25) is 0 Å². The van der Waals surface area contributed by atoms with E-state index in [4.69, 9.17) is 9.84 Å². The fraction of sp³-hybridized carbons (Fsp3) is 0.381. The summed E-state index contributed by atoms with van der Waals surface area (Å²) < 4.78 is 7.21. The lowest BCUT2D eigenvalue weighted by Gasteiger charge is -2.13. The predicted octanol–water partition coefficient (Wildman–Crippen LogP) is 3.29. The number of hydrogen-bond acceptors (Lipinski definition) is 5. The second-order valence-corrected chi connectivity index (χ2v) is 7.05. The van der Waals surface area contributed by atoms with Crippen LogP contribution in [0.5, 0.6) is 0 Å². The van der Waals surface area contributed by atoms with Gasteiger partial charge in [0.1, 0.15) is 6.10 Å². The standard InChI is InChI=1S/C21H25N3O4/c1-14(2)28-13-19(25)16-10-17-12-23-24(21(17)22-11-16)18-8-6-15(7-9-18)4-3-5-20(26)27/h6-12,14,19,25H,3-5,13H2,1-2H3,(H,26,27)/t19-/m1/s1. The number of rotatable bonds is 9. The van der Waals surface area contributed by atoms with Crippen molar-refractivity contribution in [3.8, 4) is 5.69 Å². The van der Waals surface area contributed by atoms with Crippen molar-refractivity contribution in [3.63, 3.8) is 0 Å². The summed E-state index contributed by atoms with van der Waals surface area (Å²) in [4.78, 5) is 15.1. The van der Waals surface area contributed by atoms with Crippen molar-refractivity contribution in [2.75, 3.05) is 6.61 Å². The van der Waals surface area contributed by atoms with E-state index in [-0.39, 0.29) is 19.1 Å². The lowest BCUT2D eigenvalue weighted by atomic mass is 10.1. The Morgan fingerprint density at radius 1 is 1.21 bits per heavy atom. The molecule has 1 aromatic carbocycles. The van der Waals surface area contributed by atoms with Crippen LogP contribution in [0.15, 0.2) is 42.7 Å². The van der Waals surface area contributed by atoms with Gasteiger partial charge in [0.15, 0.2) is 5.65 Å². The van der Waals surface area contributed by atoms with Gasteiger partial charge in [-0.3, -0.25) is 4.79 Å². The lowest BCUT2D eigenvalue weighted by molar-refractivity contribution is -0.137. The number of aliphatic hydroxyl groups excluding tert-OH is 1. The minimum Gasteiger partial charge on any atom is -0.481 e. The highest BCUT2D eigenvalue weighted by Gasteiger charge is 2.13. The molecule has 148 valence electrons. The van der Waals surface area contributed by atoms with Crippen molar-refractivity contribution in [1.82, 2.24) is 14.8 Å². The fourth-order valence-electron chi connectivity index (χ4n) is 2.94. The zero-order chi connectivity index (χ0) is 20.1. The molecule has 0 amide bonds. The van der Waals surface area contributed by atoms with Crippen LogP contribution in [-0.4, -0.2) is 43.7 Å². The van der Waals surface area contributed by atoms with Crippen LogP contribution in [0.25, 0.3) is 16.7 Å². The largest absolute Gasteiger partial charge is 0.481 e. The molecular weight excluding hydrogens is 358 g/mol. The van der Waals surface area contributed by atoms with E-state index in [0.29, 0.717) is 17.6 Å². The summed E-state index contributed by atoms with van der Waals surface area (Å²) in [5.74, 6) is -0.772. The molecule has 0 saturated carbocycles. The molecule has 3 rings (SSSR count). The van der Waals surface area contributed by atoms with Gasteiger partial charge in [-0.05, 0) is 50.5 Å². The summed E-state index contributed by atoms with van der Waals surface area (Å²) in [7, 11) is 0. The van der Waals surface area contributed by atoms with Gasteiger partial charge in [-0.25, -0.2) is 9.67 Å². The van der Waals surface area contributed by atoms with E-state index >= 15 is 0 Å². The molecule has 0 bridgehead atoms. The van der Waals surface area contributed by atoms with E-state index < -0.39 is 12.1 Å². The number of pyridine rings is 1. The first-order chi connectivity index (χ1) is 13.4. The summed E-state index contributed by atoms with van der Waals surface area (Å²) >= 11 is 0. The van der Waals surface area contributed by atoms with Crippen molar-refractivity contribution in [2.24, 2.45) is 0 Å². The SMILES string of the molecule is CC(C)OC[C@@H](O)c1cnc2c(cnn2-c2ccc(CCCC(=O)O)cc2)c1. The molecule has 2 aromatic heterocycles. The molecule has 0 fully saturated rings. The van der Waals surface area contributed by atoms with Gasteiger partial charge in [-0.15, -0.1) is 0 Å². The van der Waals surface area contributed by atoms with Gasteiger partial charge in [-0.1, -0.05) is 12.1 Å². The Balaban J connectivity index is 1.74. The number of carboxylic acids is 1. The Morgan fingerprint density at radius 2 is 1.96 bits per heavy atom. The molecule has 0 unspecified atom stereocenters. The first kappa shape index (κ1) is 20.0. The van der Waals surface area contributed by atoms with Gasteiger partial charge in [0.25, 0.3) is 0 Å². The van der Waals surface area contributed by atoms with Crippen LogP contribution < -0.4 is 0 Å². The summed E-state index contributed by atoms with van der Waals surface area (Å²) in [5.41, 5.74) is 3.37. The van der Waals surface area contributed by atoms with Crippen LogP contribution in [0, 0.1) is 0 Å². The number of aliphatic hydroxyl groups is 1. The molecule has 2 heterocycles. The number of aromatic nitrogens is 3. The monoisotopic (exact) mass is 383 g/mol. The number of ether oxygens (including phenoxy) is 1. The number of carboxylic acid groups (broad SMARTS) is 1. The van der Waals surface area contributed by atoms with Gasteiger partial charge in [-0.2, -0.15) is 5.10 Å². The number of nitrogens with zero attached hydrogens (tertiary/aromatic N) is 3. The summed E-state index contributed by atoms with van der Waals surface area (Å²) in [6.07, 6.45) is 4.22. The molecule has 0 aliphatic rings. The molecule has 0 spiro atoms. The van der Waals surface area contributed by atoms with E-state index in [1.165, 1.54) is 0 Å². The second-order valence-electron chi connectivity index (χ2n) is 7.05. The Hall–Kier alpha value is -2.77. The third-order valence-corrected chi connectivity index (χ3v) is 4.44. The molecule has 0 aliphatic heterocycles. The van der Waals surface area contributed by atoms with Gasteiger partial charge < -0.3 is 14.9 Å². The number of carbonyl (C=O) groups is 1. The maximum absolute atomic E-state index is 10.6. The molecule has 7 heteroatoms. The molecule has 1 atom stereocenters. The highest BCUT2D eigenvalue weighted by Crippen LogP contribution is 2.21. The van der Waals surface area contributed by atoms with E-state index in [1.807, 2.05) is 44.2 Å². The summed E-state index contributed by atoms with van der Waals surface area (Å²) in [6, 6.07) is 9.73. The van der Waals surface area contributed by atoms with E-state index in [1.54, 1.807) is 17.1 Å². The minimum atomic E-state index is -0.772. The van der Waals surface area contributed by atoms with Crippen molar-refractivity contribution in [3.05, 3.63) is 53.9 Å². The molecule has 3 aromatic rings. The molecule has 28 heavy (non-hydrogen) atoms. The molecular formula is C21H25N3O4. The average Bonchev–Trinajstić information content (AvgIpc) is 3.09. The minimum absolute atomic E-state index is 0.0567. The number of benzene rings is 1. The van der Waals surface area contributed by atoms with E-state index in [0.717, 1.165) is 23.1 Å². The zero-order valence-corrected chi connectivity index (χ0v) is 16.1. The molecule has 0 radical (unpaired) electrons. The van der Waals surface area contributed by atoms with Crippen LogP contribution >= 0.6 is 0 Å². The first-order valence-corrected chi connectivity index (χ1v) is 9.38. The molecule has 2 N–H and O–H groups in total. The van der Waals surface area contributed by atoms with Crippen molar-refractivity contribution >= 4 is 17.0 Å². The highest BCUT2D eigenvalue weighted by atomic mass is 16.5. The van der Waals surface area contributed by atoms with E-state index in [9.17, 15) is 9.90 Å². The highest BCUT2D eigenvalue weighted by molar-refractivity contribution is 5.76. The third-order valence-electron chi connectivity index (χ3n) is 4.44. The van der Waals surface area contributed by atoms with Crippen molar-refractivity contribution in [2.45, 2.75) is 45.3 Å². The third kappa shape index (κ3) is 4.94. The predicted molar refractivity (Wildman–Crippen MR) is 105 cm³/mol. The fourth-order valence-corrected chi connectivity index (χ4v) is 2.94. The van der Waals surface area contributed by atoms with Gasteiger partial charge >= 0.3 is 5.97 Å². The van der Waals surface area contributed by atoms with Crippen molar-refractivity contribution in [1.29, 1.82) is 0 Å². The molecule has 0 saturated heterocycles. The Morgan fingerprint density at radius 3 is 2.64 bits per heavy atom. The Kier molecular flexibility index (Phi) is 6.38. The van der Waals surface area contributed by atoms with Crippen LogP contribution in [0.4, 0.5) is 0 Å². The Bertz CT molecular complexity index is 934. The molecule has 7 nitrogen and oxygen atoms in total. The van der Waals surface area contributed by atoms with Gasteiger partial charge in [0, 0.05) is 23.6 Å². The second kappa shape index (κ2) is 8.95. The average molecular weight is 383 g/mol. The number of fused-ring (bicyclic) bond motifs is 1. The maximum Gasteiger partial charge on any atom is 0.303 e. The number of aliphatic carboxylic acids is 1. The lowest BCUT2D eigenvalue weighted by Crippen LogP contribution is -2.12. The van der Waals surface area contributed by atoms with Crippen LogP contribution in [0.3, 0.4) is 0 Å². The maximum atomic E-state index is 10.6. The van der Waals surface area contributed by atoms with Crippen LogP contribution in [0.2, 0.25) is 0 Å². The topological polar surface area (TPSA) is 97.5 Å². The Labute approximate surface area is 163 Å². The van der Waals surface area contributed by atoms with E-state index in [2.05, 4.69) is 10.1 Å². The first-order valence-electron chi connectivity index (χ1n) is 9.38.